The fourth-order valence-electron chi connectivity index (χ4n) is 3.38. The van der Waals surface area contributed by atoms with E-state index in [9.17, 15) is 19.5 Å². The highest BCUT2D eigenvalue weighted by Crippen LogP contribution is 2.22. The van der Waals surface area contributed by atoms with Crippen LogP contribution in [0.1, 0.15) is 26.5 Å². The van der Waals surface area contributed by atoms with Gasteiger partial charge in [-0.05, 0) is 31.2 Å². The maximum absolute atomic E-state index is 12.7. The summed E-state index contributed by atoms with van der Waals surface area (Å²) in [6.45, 7) is 1.43. The number of rotatable bonds is 4. The van der Waals surface area contributed by atoms with Crippen molar-refractivity contribution in [2.75, 3.05) is 6.54 Å². The molecule has 0 aliphatic carbocycles. The molecule has 1 N–H and O–H groups in total. The summed E-state index contributed by atoms with van der Waals surface area (Å²) < 4.78 is 1.37. The molecule has 27 heavy (non-hydrogen) atoms. The van der Waals surface area contributed by atoms with E-state index >= 15 is 0 Å². The van der Waals surface area contributed by atoms with E-state index in [1.165, 1.54) is 4.57 Å². The predicted molar refractivity (Wildman–Crippen MR) is 98.6 cm³/mol. The van der Waals surface area contributed by atoms with E-state index in [1.807, 2.05) is 0 Å². The van der Waals surface area contributed by atoms with E-state index in [0.29, 0.717) is 27.9 Å². The van der Waals surface area contributed by atoms with Gasteiger partial charge in [-0.15, -0.1) is 0 Å². The summed E-state index contributed by atoms with van der Waals surface area (Å²) in [5.41, 5.74) is 0.983. The average molecular weight is 363 g/mol. The van der Waals surface area contributed by atoms with E-state index in [2.05, 4.69) is 4.98 Å². The molecule has 0 saturated heterocycles. The summed E-state index contributed by atoms with van der Waals surface area (Å²) in [6.07, 6.45) is -1.09. The van der Waals surface area contributed by atoms with Crippen LogP contribution in [-0.2, 0) is 6.54 Å². The van der Waals surface area contributed by atoms with Crippen LogP contribution in [-0.4, -0.2) is 44.0 Å². The Kier molecular flexibility index (Phi) is 4.08. The second kappa shape index (κ2) is 6.44. The van der Waals surface area contributed by atoms with Crippen LogP contribution >= 0.6 is 0 Å². The van der Waals surface area contributed by atoms with Gasteiger partial charge in [0.15, 0.2) is 0 Å². The van der Waals surface area contributed by atoms with Gasteiger partial charge < -0.3 is 5.11 Å². The second-order valence-corrected chi connectivity index (χ2v) is 6.51. The van der Waals surface area contributed by atoms with E-state index in [4.69, 9.17) is 0 Å². The number of imide groups is 1. The van der Waals surface area contributed by atoms with E-state index in [1.54, 1.807) is 55.5 Å². The Bertz CT molecular complexity index is 1100. The number of aromatic nitrogens is 2. The Labute approximate surface area is 154 Å². The molecule has 1 atom stereocenters. The summed E-state index contributed by atoms with van der Waals surface area (Å²) in [7, 11) is 0. The van der Waals surface area contributed by atoms with E-state index in [-0.39, 0.29) is 18.6 Å². The molecule has 2 aromatic carbocycles. The van der Waals surface area contributed by atoms with Gasteiger partial charge in [-0.25, -0.2) is 4.98 Å². The Hall–Kier alpha value is -3.32. The van der Waals surface area contributed by atoms with Gasteiger partial charge in [0, 0.05) is 0 Å². The number of carbonyl (C=O) groups excluding carboxylic acids is 2. The lowest BCUT2D eigenvalue weighted by Crippen LogP contribution is -2.40. The van der Waals surface area contributed by atoms with Gasteiger partial charge in [-0.3, -0.25) is 23.9 Å². The Morgan fingerprint density at radius 3 is 2.19 bits per heavy atom. The standard InChI is InChI=1S/C20H17N3O4/c1-12-21-17-9-5-4-8-16(17)20(27)22(12)10-13(24)11-23-18(25)14-6-2-3-7-15(14)19(23)26/h2-9,13,24H,10-11H2,1H3/t13-/m0/s1. The molecule has 4 rings (SSSR count). The highest BCUT2D eigenvalue weighted by molar-refractivity contribution is 6.21. The second-order valence-electron chi connectivity index (χ2n) is 6.51. The average Bonchev–Trinajstić information content (AvgIpc) is 2.90. The molecular formula is C20H17N3O4. The molecule has 136 valence electrons. The molecule has 0 spiro atoms. The molecule has 0 bridgehead atoms. The zero-order chi connectivity index (χ0) is 19.1. The molecule has 7 heteroatoms. The van der Waals surface area contributed by atoms with Gasteiger partial charge in [-0.2, -0.15) is 0 Å². The van der Waals surface area contributed by atoms with Gasteiger partial charge in [0.25, 0.3) is 17.4 Å². The number of hydrogen-bond donors (Lipinski definition) is 1. The van der Waals surface area contributed by atoms with Crippen molar-refractivity contribution in [2.45, 2.75) is 19.6 Å². The first-order chi connectivity index (χ1) is 13.0. The Morgan fingerprint density at radius 2 is 1.52 bits per heavy atom. The normalized spacial score (nSPS) is 14.7. The van der Waals surface area contributed by atoms with Crippen LogP contribution in [0.2, 0.25) is 0 Å². The smallest absolute Gasteiger partial charge is 0.261 e. The predicted octanol–water partition coefficient (Wildman–Crippen LogP) is 1.36. The maximum Gasteiger partial charge on any atom is 0.261 e. The fraction of sp³-hybridized carbons (Fsp3) is 0.200. The Morgan fingerprint density at radius 1 is 0.926 bits per heavy atom. The maximum atomic E-state index is 12.7. The number of hydrogen-bond acceptors (Lipinski definition) is 5. The van der Waals surface area contributed by atoms with Gasteiger partial charge in [0.2, 0.25) is 0 Å². The first-order valence-corrected chi connectivity index (χ1v) is 8.57. The number of aliphatic hydroxyl groups excluding tert-OH is 1. The minimum absolute atomic E-state index is 0.0596. The van der Waals surface area contributed by atoms with Crippen molar-refractivity contribution in [3.63, 3.8) is 0 Å². The van der Waals surface area contributed by atoms with Crippen molar-refractivity contribution in [3.05, 3.63) is 75.8 Å². The summed E-state index contributed by atoms with van der Waals surface area (Å²) in [4.78, 5) is 42.9. The molecule has 3 aromatic rings. The SMILES string of the molecule is Cc1nc2ccccc2c(=O)n1C[C@H](O)CN1C(=O)c2ccccc2C1=O. The number of nitrogens with zero attached hydrogens (tertiary/aromatic N) is 3. The number of carbonyl (C=O) groups is 2. The van der Waals surface area contributed by atoms with Gasteiger partial charge >= 0.3 is 0 Å². The number of aryl methyl sites for hydroxylation is 1. The number of aliphatic hydroxyl groups is 1. The highest BCUT2D eigenvalue weighted by atomic mass is 16.3. The number of para-hydroxylation sites is 1. The third-order valence-corrected chi connectivity index (χ3v) is 4.72. The zero-order valence-corrected chi connectivity index (χ0v) is 14.6. The molecular weight excluding hydrogens is 346 g/mol. The minimum Gasteiger partial charge on any atom is -0.389 e. The lowest BCUT2D eigenvalue weighted by molar-refractivity contribution is 0.0518. The third-order valence-electron chi connectivity index (χ3n) is 4.72. The first-order valence-electron chi connectivity index (χ1n) is 8.57. The summed E-state index contributed by atoms with van der Waals surface area (Å²) in [5, 5.41) is 10.9. The van der Waals surface area contributed by atoms with Crippen LogP contribution in [0, 0.1) is 6.92 Å². The molecule has 2 amide bonds. The molecule has 1 aliphatic heterocycles. The quantitative estimate of drug-likeness (QED) is 0.707. The fourth-order valence-corrected chi connectivity index (χ4v) is 3.38. The third kappa shape index (κ3) is 2.82. The largest absolute Gasteiger partial charge is 0.389 e. The number of amides is 2. The van der Waals surface area contributed by atoms with Crippen LogP contribution < -0.4 is 5.56 Å². The molecule has 1 aromatic heterocycles. The van der Waals surface area contributed by atoms with Crippen molar-refractivity contribution < 1.29 is 14.7 Å². The number of benzene rings is 2. The topological polar surface area (TPSA) is 92.5 Å². The monoisotopic (exact) mass is 363 g/mol. The molecule has 0 saturated carbocycles. The minimum atomic E-state index is -1.09. The molecule has 1 aliphatic rings. The van der Waals surface area contributed by atoms with Crippen LogP contribution in [0.3, 0.4) is 0 Å². The summed E-state index contributed by atoms with van der Waals surface area (Å²) in [5.74, 6) is -0.411. The number of fused-ring (bicyclic) bond motifs is 2. The van der Waals surface area contributed by atoms with Crippen LogP contribution in [0.4, 0.5) is 0 Å². The molecule has 2 heterocycles. The number of β-amino-alcohol motifs (C(OH)–C–C–N with tert-alkyl or cyclic N) is 1. The van der Waals surface area contributed by atoms with Crippen LogP contribution in [0.25, 0.3) is 10.9 Å². The lowest BCUT2D eigenvalue weighted by atomic mass is 10.1. The van der Waals surface area contributed by atoms with Crippen molar-refractivity contribution >= 4 is 22.7 Å². The van der Waals surface area contributed by atoms with Crippen LogP contribution in [0.15, 0.2) is 53.3 Å². The van der Waals surface area contributed by atoms with Crippen molar-refractivity contribution in [2.24, 2.45) is 0 Å². The van der Waals surface area contributed by atoms with Crippen molar-refractivity contribution in [1.82, 2.24) is 14.5 Å². The molecule has 0 radical (unpaired) electrons. The van der Waals surface area contributed by atoms with E-state index in [0.717, 1.165) is 4.90 Å². The summed E-state index contributed by atoms with van der Waals surface area (Å²) >= 11 is 0. The highest BCUT2D eigenvalue weighted by Gasteiger charge is 2.36. The van der Waals surface area contributed by atoms with Crippen LogP contribution in [0.5, 0.6) is 0 Å². The molecule has 0 unspecified atom stereocenters. The van der Waals surface area contributed by atoms with Crippen molar-refractivity contribution in [3.8, 4) is 0 Å². The first kappa shape index (κ1) is 17.1. The zero-order valence-electron chi connectivity index (χ0n) is 14.6. The molecule has 7 nitrogen and oxygen atoms in total. The lowest BCUT2D eigenvalue weighted by Gasteiger charge is -2.20. The molecule has 0 fully saturated rings. The van der Waals surface area contributed by atoms with Gasteiger partial charge in [-0.1, -0.05) is 24.3 Å². The van der Waals surface area contributed by atoms with Gasteiger partial charge in [0.05, 0.1) is 41.2 Å². The van der Waals surface area contributed by atoms with E-state index < -0.39 is 17.9 Å². The van der Waals surface area contributed by atoms with Gasteiger partial charge in [0.1, 0.15) is 5.82 Å². The Balaban J connectivity index is 1.58. The summed E-state index contributed by atoms with van der Waals surface area (Å²) in [6, 6.07) is 13.5. The van der Waals surface area contributed by atoms with Crippen molar-refractivity contribution in [1.29, 1.82) is 0 Å².